The second-order valence-corrected chi connectivity index (χ2v) is 6.02. The predicted molar refractivity (Wildman–Crippen MR) is 88.3 cm³/mol. The topological polar surface area (TPSA) is 129 Å². The summed E-state index contributed by atoms with van der Waals surface area (Å²) in [5.74, 6) is -2.51. The standard InChI is InChI=1S/C11H18N2O2S.C4H4O4/c14-10(7-13-9-3-1-2-4-9)8-15-11-12-5-6-16-11;5-3(6)1-2-4(7)8/h5-6,9-10,13-14H,1-4,7-8H2;1-2H,(H,5,6)(H,7,8)/b;2-1-. The van der Waals surface area contributed by atoms with Gasteiger partial charge in [0.2, 0.25) is 0 Å². The number of aromatic nitrogens is 1. The van der Waals surface area contributed by atoms with E-state index in [2.05, 4.69) is 10.3 Å². The first-order valence-electron chi connectivity index (χ1n) is 7.55. The summed E-state index contributed by atoms with van der Waals surface area (Å²) in [6.07, 6.45) is 7.45. The number of nitrogens with zero attached hydrogens (tertiary/aromatic N) is 1. The van der Waals surface area contributed by atoms with E-state index in [4.69, 9.17) is 14.9 Å². The van der Waals surface area contributed by atoms with E-state index in [0.29, 0.717) is 36.5 Å². The highest BCUT2D eigenvalue weighted by molar-refractivity contribution is 7.11. The molecule has 1 saturated carbocycles. The Kier molecular flexibility index (Phi) is 9.66. The van der Waals surface area contributed by atoms with Gasteiger partial charge in [-0.2, -0.15) is 0 Å². The summed E-state index contributed by atoms with van der Waals surface area (Å²) >= 11 is 1.44. The number of aliphatic hydroxyl groups excluding tert-OH is 1. The number of rotatable bonds is 8. The first kappa shape index (κ1) is 20.1. The van der Waals surface area contributed by atoms with Crippen molar-refractivity contribution >= 4 is 23.3 Å². The number of aliphatic carboxylic acids is 2. The fraction of sp³-hybridized carbons (Fsp3) is 0.533. The Labute approximate surface area is 143 Å². The lowest BCUT2D eigenvalue weighted by Gasteiger charge is -2.15. The van der Waals surface area contributed by atoms with Crippen LogP contribution < -0.4 is 10.1 Å². The smallest absolute Gasteiger partial charge is 0.328 e. The fourth-order valence-electron chi connectivity index (χ4n) is 2.08. The molecular weight excluding hydrogens is 336 g/mol. The zero-order valence-electron chi connectivity index (χ0n) is 13.1. The Morgan fingerprint density at radius 3 is 2.46 bits per heavy atom. The van der Waals surface area contributed by atoms with Crippen molar-refractivity contribution in [3.8, 4) is 5.19 Å². The highest BCUT2D eigenvalue weighted by Crippen LogP contribution is 2.17. The van der Waals surface area contributed by atoms with Crippen LogP contribution in [0.1, 0.15) is 25.7 Å². The summed E-state index contributed by atoms with van der Waals surface area (Å²) in [4.78, 5) is 23.1. The SMILES string of the molecule is O=C(O)/C=C\C(=O)O.OC(CNC1CCCC1)COc1nccs1. The van der Waals surface area contributed by atoms with Gasteiger partial charge in [-0.25, -0.2) is 14.6 Å². The summed E-state index contributed by atoms with van der Waals surface area (Å²) in [5, 5.41) is 31.2. The molecule has 0 bridgehead atoms. The average molecular weight is 358 g/mol. The molecule has 9 heteroatoms. The third-order valence-corrected chi connectivity index (χ3v) is 3.86. The summed E-state index contributed by atoms with van der Waals surface area (Å²) in [5.41, 5.74) is 0. The minimum atomic E-state index is -1.26. The van der Waals surface area contributed by atoms with Gasteiger partial charge in [-0.15, -0.1) is 0 Å². The lowest BCUT2D eigenvalue weighted by atomic mass is 10.2. The second kappa shape index (κ2) is 11.5. The largest absolute Gasteiger partial charge is 0.478 e. The number of aliphatic hydroxyl groups is 1. The third-order valence-electron chi connectivity index (χ3n) is 3.17. The van der Waals surface area contributed by atoms with Gasteiger partial charge in [0, 0.05) is 36.3 Å². The first-order valence-corrected chi connectivity index (χ1v) is 8.43. The fourth-order valence-corrected chi connectivity index (χ4v) is 2.58. The molecule has 0 saturated heterocycles. The molecule has 1 aliphatic carbocycles. The monoisotopic (exact) mass is 358 g/mol. The molecule has 1 heterocycles. The predicted octanol–water partition coefficient (Wildman–Crippen LogP) is 1.13. The molecule has 1 fully saturated rings. The summed E-state index contributed by atoms with van der Waals surface area (Å²) in [6, 6.07) is 0.592. The summed E-state index contributed by atoms with van der Waals surface area (Å²) < 4.78 is 5.34. The van der Waals surface area contributed by atoms with Crippen molar-refractivity contribution in [1.82, 2.24) is 10.3 Å². The molecule has 1 atom stereocenters. The molecule has 0 radical (unpaired) electrons. The molecular formula is C15H22N2O6S. The summed E-state index contributed by atoms with van der Waals surface area (Å²) in [6.45, 7) is 0.920. The Morgan fingerprint density at radius 1 is 1.33 bits per heavy atom. The van der Waals surface area contributed by atoms with Gasteiger partial charge >= 0.3 is 11.9 Å². The molecule has 2 rings (SSSR count). The maximum atomic E-state index is 9.70. The molecule has 0 spiro atoms. The van der Waals surface area contributed by atoms with Crippen LogP contribution in [0.4, 0.5) is 0 Å². The molecule has 1 unspecified atom stereocenters. The molecule has 24 heavy (non-hydrogen) atoms. The minimum Gasteiger partial charge on any atom is -0.478 e. The van der Waals surface area contributed by atoms with E-state index < -0.39 is 18.0 Å². The molecule has 8 nitrogen and oxygen atoms in total. The van der Waals surface area contributed by atoms with E-state index in [1.165, 1.54) is 37.0 Å². The lowest BCUT2D eigenvalue weighted by molar-refractivity contribution is -0.134. The Morgan fingerprint density at radius 2 is 1.96 bits per heavy atom. The number of nitrogens with one attached hydrogen (secondary N) is 1. The number of carboxylic acids is 2. The Balaban J connectivity index is 0.000000307. The van der Waals surface area contributed by atoms with E-state index in [9.17, 15) is 14.7 Å². The highest BCUT2D eigenvalue weighted by Gasteiger charge is 2.15. The van der Waals surface area contributed by atoms with Crippen molar-refractivity contribution in [1.29, 1.82) is 0 Å². The maximum Gasteiger partial charge on any atom is 0.328 e. The quantitative estimate of drug-likeness (QED) is 0.509. The minimum absolute atomic E-state index is 0.313. The maximum absolute atomic E-state index is 9.70. The molecule has 1 aromatic heterocycles. The second-order valence-electron chi connectivity index (χ2n) is 5.16. The first-order chi connectivity index (χ1) is 11.5. The van der Waals surface area contributed by atoms with E-state index in [1.54, 1.807) is 6.20 Å². The summed E-state index contributed by atoms with van der Waals surface area (Å²) in [7, 11) is 0. The average Bonchev–Trinajstić information content (AvgIpc) is 3.22. The normalized spacial score (nSPS) is 15.7. The van der Waals surface area contributed by atoms with Gasteiger partial charge in [0.15, 0.2) is 0 Å². The molecule has 134 valence electrons. The van der Waals surface area contributed by atoms with Gasteiger partial charge in [0.25, 0.3) is 5.19 Å². The number of thiazole rings is 1. The van der Waals surface area contributed by atoms with E-state index in [1.807, 2.05) is 5.38 Å². The van der Waals surface area contributed by atoms with Crippen molar-refractivity contribution in [3.63, 3.8) is 0 Å². The van der Waals surface area contributed by atoms with Crippen LogP contribution in [0, 0.1) is 0 Å². The van der Waals surface area contributed by atoms with Gasteiger partial charge in [-0.05, 0) is 12.8 Å². The van der Waals surface area contributed by atoms with Crippen LogP contribution in [0.3, 0.4) is 0 Å². The van der Waals surface area contributed by atoms with Gasteiger partial charge in [0.05, 0.1) is 0 Å². The van der Waals surface area contributed by atoms with Gasteiger partial charge < -0.3 is 25.4 Å². The van der Waals surface area contributed by atoms with Crippen LogP contribution in [-0.2, 0) is 9.59 Å². The van der Waals surface area contributed by atoms with Crippen LogP contribution in [0.5, 0.6) is 5.19 Å². The van der Waals surface area contributed by atoms with Gasteiger partial charge in [-0.3, -0.25) is 0 Å². The zero-order valence-corrected chi connectivity index (χ0v) is 13.9. The molecule has 1 aliphatic rings. The number of ether oxygens (including phenoxy) is 1. The molecule has 0 amide bonds. The molecule has 0 aliphatic heterocycles. The Hall–Kier alpha value is -1.97. The van der Waals surface area contributed by atoms with Gasteiger partial charge in [-0.1, -0.05) is 24.2 Å². The van der Waals surface area contributed by atoms with Gasteiger partial charge in [0.1, 0.15) is 12.7 Å². The number of carbonyl (C=O) groups is 2. The van der Waals surface area contributed by atoms with Crippen LogP contribution in [0.25, 0.3) is 0 Å². The number of carboxylic acid groups (broad SMARTS) is 2. The van der Waals surface area contributed by atoms with Crippen molar-refractivity contribution in [2.45, 2.75) is 37.8 Å². The van der Waals surface area contributed by atoms with E-state index >= 15 is 0 Å². The zero-order chi connectivity index (χ0) is 17.8. The van der Waals surface area contributed by atoms with E-state index in [0.717, 1.165) is 0 Å². The number of hydrogen-bond acceptors (Lipinski definition) is 7. The molecule has 1 aromatic rings. The van der Waals surface area contributed by atoms with E-state index in [-0.39, 0.29) is 0 Å². The van der Waals surface area contributed by atoms with Crippen molar-refractivity contribution in [2.24, 2.45) is 0 Å². The third kappa shape index (κ3) is 9.93. The van der Waals surface area contributed by atoms with Crippen molar-refractivity contribution < 1.29 is 29.6 Å². The Bertz CT molecular complexity index is 498. The van der Waals surface area contributed by atoms with Crippen LogP contribution in [-0.4, -0.2) is 57.5 Å². The van der Waals surface area contributed by atoms with Crippen molar-refractivity contribution in [2.75, 3.05) is 13.2 Å². The highest BCUT2D eigenvalue weighted by atomic mass is 32.1. The molecule has 0 aromatic carbocycles. The van der Waals surface area contributed by atoms with Crippen molar-refractivity contribution in [3.05, 3.63) is 23.7 Å². The van der Waals surface area contributed by atoms with Crippen LogP contribution >= 0.6 is 11.3 Å². The molecule has 4 N–H and O–H groups in total. The lowest BCUT2D eigenvalue weighted by Crippen LogP contribution is -2.36. The number of hydrogen-bond donors (Lipinski definition) is 4. The van der Waals surface area contributed by atoms with Crippen LogP contribution in [0.2, 0.25) is 0 Å². The van der Waals surface area contributed by atoms with Crippen LogP contribution in [0.15, 0.2) is 23.7 Å².